The second kappa shape index (κ2) is 3.40. The summed E-state index contributed by atoms with van der Waals surface area (Å²) in [7, 11) is 0. The van der Waals surface area contributed by atoms with Crippen molar-refractivity contribution in [3.05, 3.63) is 17.7 Å². The molecular weight excluding hydrogens is 200 g/mol. The molecule has 2 heterocycles. The molecule has 0 aliphatic heterocycles. The van der Waals surface area contributed by atoms with Gasteiger partial charge in [0.05, 0.1) is 0 Å². The molecule has 0 spiro atoms. The number of nitrogens with one attached hydrogen (secondary N) is 2. The maximum absolute atomic E-state index is 11.5. The van der Waals surface area contributed by atoms with Gasteiger partial charge >= 0.3 is 6.01 Å². The van der Waals surface area contributed by atoms with Gasteiger partial charge in [-0.05, 0) is 0 Å². The van der Waals surface area contributed by atoms with Gasteiger partial charge in [0, 0.05) is 13.0 Å². The van der Waals surface area contributed by atoms with Gasteiger partial charge in [0.25, 0.3) is 5.91 Å². The van der Waals surface area contributed by atoms with Crippen LogP contribution < -0.4 is 11.1 Å². The van der Waals surface area contributed by atoms with E-state index in [1.165, 1.54) is 6.07 Å². The Kier molecular flexibility index (Phi) is 2.08. The number of aromatic amines is 1. The van der Waals surface area contributed by atoms with E-state index in [2.05, 4.69) is 25.7 Å². The van der Waals surface area contributed by atoms with Crippen LogP contribution in [0.2, 0.25) is 0 Å². The Labute approximate surface area is 83.9 Å². The molecule has 15 heavy (non-hydrogen) atoms. The minimum Gasteiger partial charge on any atom is -0.408 e. The maximum Gasteiger partial charge on any atom is 0.322 e. The minimum atomic E-state index is -0.442. The van der Waals surface area contributed by atoms with Gasteiger partial charge in [0.2, 0.25) is 5.89 Å². The molecule has 0 bridgehead atoms. The van der Waals surface area contributed by atoms with Crippen LogP contribution in [0.1, 0.15) is 16.4 Å². The van der Waals surface area contributed by atoms with Crippen molar-refractivity contribution >= 4 is 17.7 Å². The number of aryl methyl sites for hydroxylation is 1. The second-order valence-electron chi connectivity index (χ2n) is 2.79. The quantitative estimate of drug-likeness (QED) is 0.635. The van der Waals surface area contributed by atoms with Crippen molar-refractivity contribution in [2.45, 2.75) is 6.92 Å². The lowest BCUT2D eigenvalue weighted by Gasteiger charge is -1.95. The first-order valence-electron chi connectivity index (χ1n) is 4.07. The van der Waals surface area contributed by atoms with Crippen molar-refractivity contribution in [2.24, 2.45) is 0 Å². The van der Waals surface area contributed by atoms with Crippen LogP contribution in [0.25, 0.3) is 0 Å². The predicted octanol–water partition coefficient (Wildman–Crippen LogP) is -0.0644. The first kappa shape index (κ1) is 9.19. The summed E-state index contributed by atoms with van der Waals surface area (Å²) in [5.74, 6) is 0.166. The van der Waals surface area contributed by atoms with Crippen LogP contribution in [0.5, 0.6) is 0 Å². The average Bonchev–Trinajstić information content (AvgIpc) is 2.75. The number of H-pyrrole nitrogens is 1. The topological polar surface area (TPSA) is 123 Å². The molecule has 0 saturated carbocycles. The molecule has 2 aromatic rings. The van der Waals surface area contributed by atoms with E-state index < -0.39 is 5.91 Å². The highest BCUT2D eigenvalue weighted by Gasteiger charge is 2.12. The molecule has 78 valence electrons. The van der Waals surface area contributed by atoms with Gasteiger partial charge in [-0.25, -0.2) is 0 Å². The highest BCUT2D eigenvalue weighted by atomic mass is 16.4. The number of aromatic nitrogens is 4. The monoisotopic (exact) mass is 208 g/mol. The van der Waals surface area contributed by atoms with Crippen molar-refractivity contribution in [2.75, 3.05) is 11.1 Å². The lowest BCUT2D eigenvalue weighted by Crippen LogP contribution is -2.12. The SMILES string of the molecule is Cc1nnc(NC(=O)c2cc(N)n[nH]2)o1. The number of hydrogen-bond donors (Lipinski definition) is 3. The van der Waals surface area contributed by atoms with Crippen LogP contribution >= 0.6 is 0 Å². The average molecular weight is 208 g/mol. The Morgan fingerprint density at radius 2 is 2.40 bits per heavy atom. The summed E-state index contributed by atoms with van der Waals surface area (Å²) in [6.07, 6.45) is 0. The lowest BCUT2D eigenvalue weighted by molar-refractivity contribution is 0.101. The molecule has 0 fully saturated rings. The number of carbonyl (C=O) groups is 1. The molecule has 8 nitrogen and oxygen atoms in total. The number of nitrogen functional groups attached to an aromatic ring is 1. The molecule has 8 heteroatoms. The fourth-order valence-corrected chi connectivity index (χ4v) is 0.965. The van der Waals surface area contributed by atoms with Gasteiger partial charge in [0.1, 0.15) is 11.5 Å². The van der Waals surface area contributed by atoms with E-state index in [9.17, 15) is 4.79 Å². The van der Waals surface area contributed by atoms with Crippen LogP contribution in [0.15, 0.2) is 10.5 Å². The molecule has 2 aromatic heterocycles. The summed E-state index contributed by atoms with van der Waals surface area (Å²) in [5, 5.41) is 15.6. The third kappa shape index (κ3) is 1.93. The van der Waals surface area contributed by atoms with Gasteiger partial charge in [-0.3, -0.25) is 15.2 Å². The van der Waals surface area contributed by atoms with E-state index in [1.807, 2.05) is 0 Å². The Balaban J connectivity index is 2.10. The number of amides is 1. The molecule has 1 amide bonds. The summed E-state index contributed by atoms with van der Waals surface area (Å²) in [5.41, 5.74) is 5.57. The van der Waals surface area contributed by atoms with Crippen LogP contribution in [0.4, 0.5) is 11.8 Å². The smallest absolute Gasteiger partial charge is 0.322 e. The summed E-state index contributed by atoms with van der Waals surface area (Å²) >= 11 is 0. The summed E-state index contributed by atoms with van der Waals surface area (Å²) < 4.78 is 4.96. The van der Waals surface area contributed by atoms with Gasteiger partial charge in [0.15, 0.2) is 0 Å². The minimum absolute atomic E-state index is 0.0330. The molecular formula is C7H8N6O2. The van der Waals surface area contributed by atoms with Crippen LogP contribution in [-0.2, 0) is 0 Å². The third-order valence-corrected chi connectivity index (χ3v) is 1.59. The highest BCUT2D eigenvalue weighted by Crippen LogP contribution is 2.07. The Bertz CT molecular complexity index is 487. The molecule has 0 aliphatic rings. The number of anilines is 2. The van der Waals surface area contributed by atoms with Gasteiger partial charge in [-0.1, -0.05) is 5.10 Å². The van der Waals surface area contributed by atoms with Gasteiger partial charge < -0.3 is 10.2 Å². The maximum atomic E-state index is 11.5. The third-order valence-electron chi connectivity index (χ3n) is 1.59. The van der Waals surface area contributed by atoms with E-state index in [-0.39, 0.29) is 17.5 Å². The summed E-state index contributed by atoms with van der Waals surface area (Å²) in [6, 6.07) is 1.43. The van der Waals surface area contributed by atoms with E-state index in [1.54, 1.807) is 6.92 Å². The van der Waals surface area contributed by atoms with E-state index >= 15 is 0 Å². The first-order chi connectivity index (χ1) is 7.15. The number of carbonyl (C=O) groups excluding carboxylic acids is 1. The van der Waals surface area contributed by atoms with E-state index in [0.29, 0.717) is 5.89 Å². The first-order valence-corrected chi connectivity index (χ1v) is 4.07. The zero-order valence-electron chi connectivity index (χ0n) is 7.81. The van der Waals surface area contributed by atoms with Gasteiger partial charge in [-0.2, -0.15) is 5.10 Å². The molecule has 0 aliphatic carbocycles. The van der Waals surface area contributed by atoms with E-state index in [0.717, 1.165) is 0 Å². The summed E-state index contributed by atoms with van der Waals surface area (Å²) in [4.78, 5) is 11.5. The largest absolute Gasteiger partial charge is 0.408 e. The van der Waals surface area contributed by atoms with Crippen molar-refractivity contribution in [1.29, 1.82) is 0 Å². The molecule has 0 atom stereocenters. The van der Waals surface area contributed by atoms with E-state index in [4.69, 9.17) is 10.2 Å². The number of rotatable bonds is 2. The number of nitrogens with two attached hydrogens (primary N) is 1. The van der Waals surface area contributed by atoms with Crippen molar-refractivity contribution in [3.63, 3.8) is 0 Å². The molecule has 0 saturated heterocycles. The zero-order valence-corrected chi connectivity index (χ0v) is 7.81. The van der Waals surface area contributed by atoms with Crippen molar-refractivity contribution in [3.8, 4) is 0 Å². The molecule has 0 unspecified atom stereocenters. The molecule has 2 rings (SSSR count). The number of nitrogens with zero attached hydrogens (tertiary/aromatic N) is 3. The fourth-order valence-electron chi connectivity index (χ4n) is 0.965. The Hall–Kier alpha value is -2.38. The standard InChI is InChI=1S/C7H8N6O2/c1-3-10-13-7(15-3)9-6(14)4-2-5(8)12-11-4/h2H,1H3,(H3,8,11,12)(H,9,13,14). The molecule has 4 N–H and O–H groups in total. The van der Waals surface area contributed by atoms with Crippen LogP contribution in [0.3, 0.4) is 0 Å². The molecule has 0 aromatic carbocycles. The number of hydrogen-bond acceptors (Lipinski definition) is 6. The Morgan fingerprint density at radius 3 is 2.93 bits per heavy atom. The Morgan fingerprint density at radius 1 is 1.60 bits per heavy atom. The predicted molar refractivity (Wildman–Crippen MR) is 50.0 cm³/mol. The normalized spacial score (nSPS) is 10.2. The lowest BCUT2D eigenvalue weighted by atomic mass is 10.4. The molecule has 0 radical (unpaired) electrons. The fraction of sp³-hybridized carbons (Fsp3) is 0.143. The van der Waals surface area contributed by atoms with Crippen molar-refractivity contribution in [1.82, 2.24) is 20.4 Å². The highest BCUT2D eigenvalue weighted by molar-refractivity contribution is 6.01. The second-order valence-corrected chi connectivity index (χ2v) is 2.79. The van der Waals surface area contributed by atoms with Crippen LogP contribution in [-0.4, -0.2) is 26.3 Å². The van der Waals surface area contributed by atoms with Crippen LogP contribution in [0, 0.1) is 6.92 Å². The summed E-state index contributed by atoms with van der Waals surface area (Å²) in [6.45, 7) is 1.62. The van der Waals surface area contributed by atoms with Crippen molar-refractivity contribution < 1.29 is 9.21 Å². The zero-order chi connectivity index (χ0) is 10.8. The van der Waals surface area contributed by atoms with Gasteiger partial charge in [-0.15, -0.1) is 5.10 Å².